The molecule has 0 heterocycles. The van der Waals surface area contributed by atoms with Crippen molar-refractivity contribution >= 4 is 5.96 Å². The second-order valence-electron chi connectivity index (χ2n) is 3.82. The molecule has 0 radical (unpaired) electrons. The van der Waals surface area contributed by atoms with E-state index < -0.39 is 0 Å². The van der Waals surface area contributed by atoms with Gasteiger partial charge in [-0.15, -0.1) is 0 Å². The summed E-state index contributed by atoms with van der Waals surface area (Å²) in [5, 5.41) is 0. The fourth-order valence-corrected chi connectivity index (χ4v) is 1.63. The maximum atomic E-state index is 13.5. The molecule has 0 atom stereocenters. The third-order valence-electron chi connectivity index (χ3n) is 2.73. The number of methoxy groups -OCH3 is 1. The Labute approximate surface area is 107 Å². The van der Waals surface area contributed by atoms with Crippen LogP contribution < -0.4 is 10.5 Å². The highest BCUT2D eigenvalue weighted by Gasteiger charge is 2.04. The summed E-state index contributed by atoms with van der Waals surface area (Å²) >= 11 is 0. The molecule has 0 fully saturated rings. The van der Waals surface area contributed by atoms with Crippen molar-refractivity contribution in [1.82, 2.24) is 4.90 Å². The highest BCUT2D eigenvalue weighted by atomic mass is 19.1. The number of guanidine groups is 1. The van der Waals surface area contributed by atoms with E-state index in [-0.39, 0.29) is 11.6 Å². The van der Waals surface area contributed by atoms with Crippen LogP contribution in [0.3, 0.4) is 0 Å². The quantitative estimate of drug-likeness (QED) is 0.645. The molecule has 1 rings (SSSR count). The maximum Gasteiger partial charge on any atom is 0.191 e. The average molecular weight is 253 g/mol. The molecule has 0 aromatic heterocycles. The Hall–Kier alpha value is -1.78. The summed E-state index contributed by atoms with van der Waals surface area (Å²) in [5.74, 6) is 0.335. The van der Waals surface area contributed by atoms with Crippen LogP contribution in [0.25, 0.3) is 0 Å². The van der Waals surface area contributed by atoms with Crippen molar-refractivity contribution in [3.8, 4) is 5.75 Å². The van der Waals surface area contributed by atoms with E-state index in [1.807, 2.05) is 18.7 Å². The molecule has 0 unspecified atom stereocenters. The van der Waals surface area contributed by atoms with Crippen molar-refractivity contribution in [3.05, 3.63) is 29.6 Å². The molecular weight excluding hydrogens is 233 g/mol. The first-order valence-corrected chi connectivity index (χ1v) is 5.99. The van der Waals surface area contributed by atoms with Gasteiger partial charge in [-0.3, -0.25) is 0 Å². The van der Waals surface area contributed by atoms with Gasteiger partial charge in [0.2, 0.25) is 0 Å². The van der Waals surface area contributed by atoms with Crippen molar-refractivity contribution in [3.63, 3.8) is 0 Å². The topological polar surface area (TPSA) is 50.8 Å². The predicted octanol–water partition coefficient (Wildman–Crippen LogP) is 1.99. The highest BCUT2D eigenvalue weighted by molar-refractivity contribution is 5.77. The minimum Gasteiger partial charge on any atom is -0.494 e. The molecule has 0 amide bonds. The molecule has 0 spiro atoms. The smallest absolute Gasteiger partial charge is 0.191 e. The molecule has 100 valence electrons. The molecule has 4 nitrogen and oxygen atoms in total. The number of nitrogens with zero attached hydrogens (tertiary/aromatic N) is 2. The Balaban J connectivity index is 2.73. The third kappa shape index (κ3) is 3.61. The highest BCUT2D eigenvalue weighted by Crippen LogP contribution is 2.18. The Morgan fingerprint density at radius 1 is 1.39 bits per heavy atom. The Morgan fingerprint density at radius 3 is 2.56 bits per heavy atom. The lowest BCUT2D eigenvalue weighted by atomic mass is 10.2. The number of aliphatic imine (C=N–C) groups is 1. The molecule has 0 aliphatic carbocycles. The van der Waals surface area contributed by atoms with Crippen molar-refractivity contribution in [2.75, 3.05) is 20.2 Å². The third-order valence-corrected chi connectivity index (χ3v) is 2.73. The van der Waals surface area contributed by atoms with E-state index in [1.54, 1.807) is 12.1 Å². The van der Waals surface area contributed by atoms with Crippen LogP contribution in [-0.4, -0.2) is 31.1 Å². The standard InChI is InChI=1S/C13H20FN3O/c1-4-17(5-2)13(15)16-9-10-6-7-12(18-3)11(14)8-10/h6-8H,4-5,9H2,1-3H3,(H2,15,16). The molecule has 0 bridgehead atoms. The SMILES string of the molecule is CCN(CC)C(N)=NCc1ccc(OC)c(F)c1. The molecule has 1 aromatic carbocycles. The van der Waals surface area contributed by atoms with Gasteiger partial charge in [-0.05, 0) is 31.5 Å². The zero-order valence-corrected chi connectivity index (χ0v) is 11.1. The van der Waals surface area contributed by atoms with Crippen LogP contribution in [0.5, 0.6) is 5.75 Å². The average Bonchev–Trinajstić information content (AvgIpc) is 2.38. The number of hydrogen-bond acceptors (Lipinski definition) is 2. The van der Waals surface area contributed by atoms with Crippen LogP contribution in [0, 0.1) is 5.82 Å². The van der Waals surface area contributed by atoms with Gasteiger partial charge in [0.15, 0.2) is 17.5 Å². The van der Waals surface area contributed by atoms with Gasteiger partial charge < -0.3 is 15.4 Å². The zero-order valence-electron chi connectivity index (χ0n) is 11.1. The Kier molecular flexibility index (Phi) is 5.42. The van der Waals surface area contributed by atoms with Gasteiger partial charge in [0.05, 0.1) is 13.7 Å². The van der Waals surface area contributed by atoms with Crippen LogP contribution in [0.2, 0.25) is 0 Å². The summed E-state index contributed by atoms with van der Waals surface area (Å²) in [6.45, 7) is 6.01. The monoisotopic (exact) mass is 253 g/mol. The molecule has 1 aromatic rings. The summed E-state index contributed by atoms with van der Waals surface area (Å²) in [6, 6.07) is 4.78. The lowest BCUT2D eigenvalue weighted by Crippen LogP contribution is -2.37. The second-order valence-corrected chi connectivity index (χ2v) is 3.82. The summed E-state index contributed by atoms with van der Waals surface area (Å²) in [7, 11) is 1.44. The number of hydrogen-bond donors (Lipinski definition) is 1. The largest absolute Gasteiger partial charge is 0.494 e. The van der Waals surface area contributed by atoms with Crippen molar-refractivity contribution in [2.45, 2.75) is 20.4 Å². The summed E-state index contributed by atoms with van der Waals surface area (Å²) < 4.78 is 18.3. The zero-order chi connectivity index (χ0) is 13.5. The van der Waals surface area contributed by atoms with Gasteiger partial charge in [-0.1, -0.05) is 6.07 Å². The van der Waals surface area contributed by atoms with Gasteiger partial charge in [0, 0.05) is 13.1 Å². The van der Waals surface area contributed by atoms with E-state index in [9.17, 15) is 4.39 Å². The Bertz CT molecular complexity index is 417. The molecule has 0 saturated heterocycles. The molecule has 18 heavy (non-hydrogen) atoms. The van der Waals surface area contributed by atoms with Gasteiger partial charge in [0.25, 0.3) is 0 Å². The van der Waals surface area contributed by atoms with Gasteiger partial charge in [-0.2, -0.15) is 0 Å². The van der Waals surface area contributed by atoms with Gasteiger partial charge in [0.1, 0.15) is 0 Å². The van der Waals surface area contributed by atoms with Gasteiger partial charge >= 0.3 is 0 Å². The molecule has 5 heteroatoms. The van der Waals surface area contributed by atoms with E-state index in [2.05, 4.69) is 4.99 Å². The molecule has 2 N–H and O–H groups in total. The number of rotatable bonds is 5. The molecule has 0 aliphatic rings. The predicted molar refractivity (Wildman–Crippen MR) is 71.2 cm³/mol. The second kappa shape index (κ2) is 6.83. The summed E-state index contributed by atoms with van der Waals surface area (Å²) in [6.07, 6.45) is 0. The van der Waals surface area contributed by atoms with Crippen LogP contribution in [-0.2, 0) is 6.54 Å². The lowest BCUT2D eigenvalue weighted by Gasteiger charge is -2.19. The first kappa shape index (κ1) is 14.3. The van der Waals surface area contributed by atoms with E-state index in [4.69, 9.17) is 10.5 Å². The van der Waals surface area contributed by atoms with Crippen LogP contribution in [0.15, 0.2) is 23.2 Å². The number of ether oxygens (including phenoxy) is 1. The van der Waals surface area contributed by atoms with Crippen molar-refractivity contribution in [1.29, 1.82) is 0 Å². The first-order chi connectivity index (χ1) is 8.62. The Morgan fingerprint density at radius 2 is 2.06 bits per heavy atom. The van der Waals surface area contributed by atoms with Crippen LogP contribution in [0.4, 0.5) is 4.39 Å². The minimum atomic E-state index is -0.383. The van der Waals surface area contributed by atoms with Crippen molar-refractivity contribution in [2.24, 2.45) is 10.7 Å². The fraction of sp³-hybridized carbons (Fsp3) is 0.462. The summed E-state index contributed by atoms with van der Waals surface area (Å²) in [4.78, 5) is 6.19. The lowest BCUT2D eigenvalue weighted by molar-refractivity contribution is 0.386. The van der Waals surface area contributed by atoms with E-state index >= 15 is 0 Å². The van der Waals surface area contributed by atoms with E-state index in [0.717, 1.165) is 18.7 Å². The van der Waals surface area contributed by atoms with E-state index in [1.165, 1.54) is 13.2 Å². The number of benzene rings is 1. The molecule has 0 saturated carbocycles. The number of halogens is 1. The van der Waals surface area contributed by atoms with Crippen LogP contribution in [0.1, 0.15) is 19.4 Å². The maximum absolute atomic E-state index is 13.5. The normalized spacial score (nSPS) is 11.4. The van der Waals surface area contributed by atoms with Gasteiger partial charge in [-0.25, -0.2) is 9.38 Å². The molecular formula is C13H20FN3O. The first-order valence-electron chi connectivity index (χ1n) is 5.99. The molecule has 0 aliphatic heterocycles. The van der Waals surface area contributed by atoms with Crippen LogP contribution >= 0.6 is 0 Å². The summed E-state index contributed by atoms with van der Waals surface area (Å²) in [5.41, 5.74) is 6.61. The fourth-order valence-electron chi connectivity index (χ4n) is 1.63. The van der Waals surface area contributed by atoms with E-state index in [0.29, 0.717) is 12.5 Å². The van der Waals surface area contributed by atoms with Crippen molar-refractivity contribution < 1.29 is 9.13 Å². The number of nitrogens with two attached hydrogens (primary N) is 1. The minimum absolute atomic E-state index is 0.236.